The number of aromatic nitrogens is 2. The minimum absolute atomic E-state index is 0.0378. The standard InChI is InChI=1S/C14H25N3O2/c1-10(2)14(4,19)9-15-13(18)7-6-12-8-17(5)16-11(12)3/h8,10,19H,6-7,9H2,1-5H3,(H,15,18). The largest absolute Gasteiger partial charge is 0.388 e. The van der Waals surface area contributed by atoms with Gasteiger partial charge in [0.15, 0.2) is 0 Å². The van der Waals surface area contributed by atoms with Crippen molar-refractivity contribution < 1.29 is 9.90 Å². The molecule has 19 heavy (non-hydrogen) atoms. The van der Waals surface area contributed by atoms with Crippen LogP contribution in [-0.2, 0) is 18.3 Å². The third kappa shape index (κ3) is 4.67. The molecule has 0 saturated heterocycles. The number of nitrogens with one attached hydrogen (secondary N) is 1. The van der Waals surface area contributed by atoms with Gasteiger partial charge in [-0.15, -0.1) is 0 Å². The fourth-order valence-electron chi connectivity index (χ4n) is 1.71. The van der Waals surface area contributed by atoms with E-state index in [4.69, 9.17) is 0 Å². The highest BCUT2D eigenvalue weighted by atomic mass is 16.3. The van der Waals surface area contributed by atoms with E-state index in [9.17, 15) is 9.90 Å². The van der Waals surface area contributed by atoms with Gasteiger partial charge in [0.25, 0.3) is 0 Å². The van der Waals surface area contributed by atoms with Gasteiger partial charge in [-0.25, -0.2) is 0 Å². The van der Waals surface area contributed by atoms with E-state index in [0.29, 0.717) is 12.8 Å². The number of amides is 1. The molecule has 108 valence electrons. The number of aryl methyl sites for hydroxylation is 3. The van der Waals surface area contributed by atoms with E-state index in [2.05, 4.69) is 10.4 Å². The molecule has 1 heterocycles. The maximum absolute atomic E-state index is 11.8. The number of rotatable bonds is 6. The van der Waals surface area contributed by atoms with Gasteiger partial charge in [0.2, 0.25) is 5.91 Å². The zero-order chi connectivity index (χ0) is 14.6. The first kappa shape index (κ1) is 15.7. The van der Waals surface area contributed by atoms with E-state index in [1.54, 1.807) is 11.6 Å². The molecule has 0 spiro atoms. The van der Waals surface area contributed by atoms with Crippen LogP contribution in [0.15, 0.2) is 6.20 Å². The highest BCUT2D eigenvalue weighted by Crippen LogP contribution is 2.14. The maximum atomic E-state index is 11.8. The quantitative estimate of drug-likeness (QED) is 0.813. The predicted octanol–water partition coefficient (Wildman–Crippen LogP) is 1.18. The van der Waals surface area contributed by atoms with Gasteiger partial charge >= 0.3 is 0 Å². The average Bonchev–Trinajstić information content (AvgIpc) is 2.62. The zero-order valence-corrected chi connectivity index (χ0v) is 12.5. The Morgan fingerprint density at radius 2 is 2.21 bits per heavy atom. The molecule has 1 aromatic heterocycles. The Hall–Kier alpha value is -1.36. The molecular weight excluding hydrogens is 242 g/mol. The molecular formula is C14H25N3O2. The lowest BCUT2D eigenvalue weighted by Crippen LogP contribution is -2.44. The summed E-state index contributed by atoms with van der Waals surface area (Å²) in [6, 6.07) is 0. The van der Waals surface area contributed by atoms with Crippen LogP contribution in [0.25, 0.3) is 0 Å². The third-order valence-electron chi connectivity index (χ3n) is 3.62. The van der Waals surface area contributed by atoms with Crippen molar-refractivity contribution in [3.05, 3.63) is 17.5 Å². The first-order valence-corrected chi connectivity index (χ1v) is 6.70. The Bertz CT molecular complexity index is 436. The van der Waals surface area contributed by atoms with Gasteiger partial charge in [-0.05, 0) is 31.7 Å². The lowest BCUT2D eigenvalue weighted by Gasteiger charge is -2.27. The molecule has 0 aliphatic heterocycles. The van der Waals surface area contributed by atoms with Gasteiger partial charge in [0, 0.05) is 26.2 Å². The van der Waals surface area contributed by atoms with Crippen LogP contribution < -0.4 is 5.32 Å². The van der Waals surface area contributed by atoms with E-state index >= 15 is 0 Å². The van der Waals surface area contributed by atoms with Crippen molar-refractivity contribution >= 4 is 5.91 Å². The van der Waals surface area contributed by atoms with Crippen molar-refractivity contribution in [2.24, 2.45) is 13.0 Å². The number of hydrogen-bond donors (Lipinski definition) is 2. The third-order valence-corrected chi connectivity index (χ3v) is 3.62. The van der Waals surface area contributed by atoms with Crippen molar-refractivity contribution in [2.75, 3.05) is 6.54 Å². The Morgan fingerprint density at radius 1 is 1.58 bits per heavy atom. The van der Waals surface area contributed by atoms with Crippen LogP contribution in [0.3, 0.4) is 0 Å². The van der Waals surface area contributed by atoms with Crippen molar-refractivity contribution in [3.8, 4) is 0 Å². The van der Waals surface area contributed by atoms with Crippen LogP contribution in [0.1, 0.15) is 38.4 Å². The molecule has 0 bridgehead atoms. The summed E-state index contributed by atoms with van der Waals surface area (Å²) in [5, 5.41) is 17.1. The van der Waals surface area contributed by atoms with Crippen LogP contribution in [-0.4, -0.2) is 32.9 Å². The fourth-order valence-corrected chi connectivity index (χ4v) is 1.71. The Morgan fingerprint density at radius 3 is 2.68 bits per heavy atom. The average molecular weight is 267 g/mol. The van der Waals surface area contributed by atoms with Crippen molar-refractivity contribution in [3.63, 3.8) is 0 Å². The molecule has 5 nitrogen and oxygen atoms in total. The van der Waals surface area contributed by atoms with E-state index < -0.39 is 5.60 Å². The van der Waals surface area contributed by atoms with Gasteiger partial charge in [0.1, 0.15) is 0 Å². The highest BCUT2D eigenvalue weighted by molar-refractivity contribution is 5.76. The molecule has 0 aliphatic carbocycles. The second kappa shape index (κ2) is 6.19. The molecule has 1 atom stereocenters. The van der Waals surface area contributed by atoms with Gasteiger partial charge in [0.05, 0.1) is 11.3 Å². The Kier molecular flexibility index (Phi) is 5.11. The topological polar surface area (TPSA) is 67.2 Å². The molecule has 1 amide bonds. The van der Waals surface area contributed by atoms with Crippen LogP contribution in [0.5, 0.6) is 0 Å². The summed E-state index contributed by atoms with van der Waals surface area (Å²) in [6.45, 7) is 7.84. The molecule has 5 heteroatoms. The van der Waals surface area contributed by atoms with Crippen molar-refractivity contribution in [1.29, 1.82) is 0 Å². The molecule has 0 fully saturated rings. The molecule has 0 aromatic carbocycles. The van der Waals surface area contributed by atoms with Crippen molar-refractivity contribution in [2.45, 2.75) is 46.1 Å². The van der Waals surface area contributed by atoms with Gasteiger partial charge in [-0.2, -0.15) is 5.10 Å². The fraction of sp³-hybridized carbons (Fsp3) is 0.714. The van der Waals surface area contributed by atoms with E-state index in [-0.39, 0.29) is 18.4 Å². The number of carbonyl (C=O) groups is 1. The summed E-state index contributed by atoms with van der Waals surface area (Å²) in [6.07, 6.45) is 3.03. The van der Waals surface area contributed by atoms with Gasteiger partial charge in [-0.1, -0.05) is 13.8 Å². The first-order valence-electron chi connectivity index (χ1n) is 6.70. The first-order chi connectivity index (χ1) is 8.72. The summed E-state index contributed by atoms with van der Waals surface area (Å²) < 4.78 is 1.76. The molecule has 0 radical (unpaired) electrons. The molecule has 2 N–H and O–H groups in total. The zero-order valence-electron chi connectivity index (χ0n) is 12.5. The molecule has 0 saturated carbocycles. The van der Waals surface area contributed by atoms with E-state index in [1.165, 1.54) is 0 Å². The number of aliphatic hydroxyl groups is 1. The van der Waals surface area contributed by atoms with Crippen LogP contribution in [0.2, 0.25) is 0 Å². The second-order valence-corrected chi connectivity index (χ2v) is 5.70. The summed E-state index contributed by atoms with van der Waals surface area (Å²) >= 11 is 0. The lowest BCUT2D eigenvalue weighted by atomic mass is 9.92. The number of nitrogens with zero attached hydrogens (tertiary/aromatic N) is 2. The summed E-state index contributed by atoms with van der Waals surface area (Å²) in [7, 11) is 1.87. The van der Waals surface area contributed by atoms with E-state index in [0.717, 1.165) is 11.3 Å². The van der Waals surface area contributed by atoms with Crippen LogP contribution >= 0.6 is 0 Å². The minimum Gasteiger partial charge on any atom is -0.388 e. The number of carbonyl (C=O) groups excluding carboxylic acids is 1. The van der Waals surface area contributed by atoms with Crippen molar-refractivity contribution in [1.82, 2.24) is 15.1 Å². The molecule has 1 aromatic rings. The number of hydrogen-bond acceptors (Lipinski definition) is 3. The molecule has 0 aliphatic rings. The lowest BCUT2D eigenvalue weighted by molar-refractivity contribution is -0.122. The van der Waals surface area contributed by atoms with Gasteiger partial charge in [-0.3, -0.25) is 9.48 Å². The summed E-state index contributed by atoms with van der Waals surface area (Å²) in [5.74, 6) is 0.0672. The van der Waals surface area contributed by atoms with E-state index in [1.807, 2.05) is 34.0 Å². The molecule has 1 rings (SSSR count). The maximum Gasteiger partial charge on any atom is 0.220 e. The van der Waals surface area contributed by atoms with Crippen LogP contribution in [0.4, 0.5) is 0 Å². The summed E-state index contributed by atoms with van der Waals surface area (Å²) in [4.78, 5) is 11.8. The smallest absolute Gasteiger partial charge is 0.220 e. The summed E-state index contributed by atoms with van der Waals surface area (Å²) in [5.41, 5.74) is 1.19. The monoisotopic (exact) mass is 267 g/mol. The Labute approximate surface area is 115 Å². The Balaban J connectivity index is 2.39. The molecule has 1 unspecified atom stereocenters. The van der Waals surface area contributed by atoms with Gasteiger partial charge < -0.3 is 10.4 Å². The second-order valence-electron chi connectivity index (χ2n) is 5.70. The predicted molar refractivity (Wildman–Crippen MR) is 74.7 cm³/mol. The normalized spacial score (nSPS) is 14.5. The minimum atomic E-state index is -0.861. The highest BCUT2D eigenvalue weighted by Gasteiger charge is 2.25. The van der Waals surface area contributed by atoms with Crippen LogP contribution in [0, 0.1) is 12.8 Å². The SMILES string of the molecule is Cc1nn(C)cc1CCC(=O)NCC(C)(O)C(C)C.